The highest BCUT2D eigenvalue weighted by molar-refractivity contribution is 5.60. The second-order valence-electron chi connectivity index (χ2n) is 4.63. The molecule has 2 nitrogen and oxygen atoms in total. The summed E-state index contributed by atoms with van der Waals surface area (Å²) in [5.74, 6) is 2.72. The minimum Gasteiger partial charge on any atom is -0.304 e. The lowest BCUT2D eigenvalue weighted by Gasteiger charge is -2.35. The van der Waals surface area contributed by atoms with Crippen LogP contribution in [0.1, 0.15) is 0 Å². The molecule has 5 radical (unpaired) electrons. The van der Waals surface area contributed by atoms with Crippen molar-refractivity contribution < 1.29 is 0 Å². The van der Waals surface area contributed by atoms with Gasteiger partial charge < -0.3 is 4.90 Å². The van der Waals surface area contributed by atoms with E-state index in [2.05, 4.69) is 54.0 Å². The predicted molar refractivity (Wildman–Crippen MR) is 65.7 cm³/mol. The molecule has 2 heteroatoms. The molecule has 3 rings (SSSR count). The number of allylic oxidation sites excluding steroid dienone is 4. The van der Waals surface area contributed by atoms with Gasteiger partial charge in [0.25, 0.3) is 0 Å². The van der Waals surface area contributed by atoms with Gasteiger partial charge in [0.05, 0.1) is 0 Å². The molecule has 2 aliphatic carbocycles. The van der Waals surface area contributed by atoms with Crippen LogP contribution >= 0.6 is 0 Å². The van der Waals surface area contributed by atoms with E-state index in [1.54, 1.807) is 0 Å². The van der Waals surface area contributed by atoms with Crippen LogP contribution in [0.25, 0.3) is 0 Å². The molecule has 1 saturated heterocycles. The van der Waals surface area contributed by atoms with E-state index >= 15 is 0 Å². The standard InChI is InChI=1S/C14H17N2/c1-15-6-8-16(9-7-15)14-10-12-4-2-3-5-13(12)11-14/h2-5,10-11H,6-9H2,1H3. The van der Waals surface area contributed by atoms with Crippen LogP contribution in [-0.2, 0) is 0 Å². The smallest absolute Gasteiger partial charge is 0.0482 e. The van der Waals surface area contributed by atoms with Crippen molar-refractivity contribution in [1.29, 1.82) is 0 Å². The predicted octanol–water partition coefficient (Wildman–Crippen LogP) is 1.46. The van der Waals surface area contributed by atoms with Crippen molar-refractivity contribution in [3.8, 4) is 0 Å². The summed E-state index contributed by atoms with van der Waals surface area (Å²) < 4.78 is 0. The van der Waals surface area contributed by atoms with Crippen molar-refractivity contribution in [2.24, 2.45) is 0 Å². The zero-order valence-electron chi connectivity index (χ0n) is 9.69. The number of nitrogens with zero attached hydrogens (tertiary/aromatic N) is 2. The summed E-state index contributed by atoms with van der Waals surface area (Å²) in [7, 11) is 2.19. The summed E-state index contributed by atoms with van der Waals surface area (Å²) in [6.07, 6.45) is 13.2. The van der Waals surface area contributed by atoms with Gasteiger partial charge in [-0.2, -0.15) is 0 Å². The first-order valence-electron chi connectivity index (χ1n) is 5.92. The van der Waals surface area contributed by atoms with Crippen LogP contribution in [0.2, 0.25) is 0 Å². The quantitative estimate of drug-likeness (QED) is 0.650. The molecule has 0 bridgehead atoms. The van der Waals surface area contributed by atoms with Crippen molar-refractivity contribution in [3.05, 3.63) is 55.0 Å². The Hall–Kier alpha value is -0.600. The second kappa shape index (κ2) is 4.34. The fraction of sp³-hybridized carbons (Fsp3) is 0.357. The zero-order valence-corrected chi connectivity index (χ0v) is 9.69. The van der Waals surface area contributed by atoms with Gasteiger partial charge in [-0.15, -0.1) is 0 Å². The summed E-state index contributed by atoms with van der Waals surface area (Å²) >= 11 is 0. The fourth-order valence-corrected chi connectivity index (χ4v) is 2.38. The number of rotatable bonds is 1. The molecule has 1 heterocycles. The van der Waals surface area contributed by atoms with Crippen LogP contribution < -0.4 is 0 Å². The first kappa shape index (κ1) is 10.5. The maximum absolute atomic E-state index is 2.49. The van der Waals surface area contributed by atoms with Crippen LogP contribution in [-0.4, -0.2) is 43.0 Å². The van der Waals surface area contributed by atoms with Gasteiger partial charge in [-0.3, -0.25) is 4.90 Å². The maximum Gasteiger partial charge on any atom is 0.0482 e. The highest BCUT2D eigenvalue weighted by atomic mass is 15.3. The Morgan fingerprint density at radius 3 is 2.00 bits per heavy atom. The topological polar surface area (TPSA) is 6.48 Å². The SMILES string of the molecule is CN1CCN([C]2[CH][C]3C=CC=C[C]3[CH]2)CC1. The van der Waals surface area contributed by atoms with Gasteiger partial charge in [-0.05, 0) is 19.9 Å². The molecule has 0 aromatic carbocycles. The third kappa shape index (κ3) is 1.96. The molecule has 1 aliphatic heterocycles. The Kier molecular flexibility index (Phi) is 2.86. The molecule has 0 aromatic rings. The van der Waals surface area contributed by atoms with Gasteiger partial charge in [0, 0.05) is 44.1 Å². The second-order valence-corrected chi connectivity index (χ2v) is 4.63. The van der Waals surface area contributed by atoms with E-state index in [1.807, 2.05) is 0 Å². The van der Waals surface area contributed by atoms with Crippen LogP contribution in [0.5, 0.6) is 0 Å². The van der Waals surface area contributed by atoms with Gasteiger partial charge in [-0.25, -0.2) is 0 Å². The number of hydrogen-bond donors (Lipinski definition) is 0. The molecule has 16 heavy (non-hydrogen) atoms. The monoisotopic (exact) mass is 213 g/mol. The first-order chi connectivity index (χ1) is 7.83. The van der Waals surface area contributed by atoms with Crippen LogP contribution in [0.3, 0.4) is 0 Å². The van der Waals surface area contributed by atoms with Crippen LogP contribution in [0.15, 0.2) is 24.3 Å². The van der Waals surface area contributed by atoms with Crippen molar-refractivity contribution >= 4 is 0 Å². The van der Waals surface area contributed by atoms with Crippen molar-refractivity contribution in [3.63, 3.8) is 0 Å². The summed E-state index contributed by atoms with van der Waals surface area (Å²) in [4.78, 5) is 4.87. The van der Waals surface area contributed by atoms with E-state index in [-0.39, 0.29) is 0 Å². The van der Waals surface area contributed by atoms with E-state index in [4.69, 9.17) is 0 Å². The molecule has 83 valence electrons. The van der Waals surface area contributed by atoms with E-state index in [9.17, 15) is 0 Å². The maximum atomic E-state index is 2.49. The average Bonchev–Trinajstić information content (AvgIpc) is 2.73. The lowest BCUT2D eigenvalue weighted by molar-refractivity contribution is 0.171. The molecular weight excluding hydrogens is 196 g/mol. The van der Waals surface area contributed by atoms with Gasteiger partial charge >= 0.3 is 0 Å². The van der Waals surface area contributed by atoms with Gasteiger partial charge in [0.1, 0.15) is 0 Å². The largest absolute Gasteiger partial charge is 0.304 e. The minimum absolute atomic E-state index is 1.15. The summed E-state index contributed by atoms with van der Waals surface area (Å²) in [6.45, 7) is 4.63. The molecule has 1 saturated carbocycles. The summed E-state index contributed by atoms with van der Waals surface area (Å²) in [6, 6.07) is 1.38. The van der Waals surface area contributed by atoms with Crippen molar-refractivity contribution in [2.75, 3.05) is 33.2 Å². The number of piperazine rings is 1. The summed E-state index contributed by atoms with van der Waals surface area (Å²) in [5, 5.41) is 0. The Balaban J connectivity index is 1.61. The molecule has 0 atom stereocenters. The highest BCUT2D eigenvalue weighted by Gasteiger charge is 2.37. The van der Waals surface area contributed by atoms with E-state index in [0.717, 1.165) is 13.1 Å². The Labute approximate surface area is 98.6 Å². The number of fused-ring (bicyclic) bond motifs is 1. The van der Waals surface area contributed by atoms with Crippen LogP contribution in [0.4, 0.5) is 0 Å². The normalized spacial score (nSPS) is 30.1. The molecule has 0 N–H and O–H groups in total. The Bertz CT molecular complexity index is 280. The van der Waals surface area contributed by atoms with Crippen molar-refractivity contribution in [2.45, 2.75) is 0 Å². The molecule has 3 aliphatic rings. The lowest BCUT2D eigenvalue weighted by atomic mass is 9.92. The third-order valence-electron chi connectivity index (χ3n) is 3.47. The van der Waals surface area contributed by atoms with E-state index < -0.39 is 0 Å². The first-order valence-corrected chi connectivity index (χ1v) is 5.92. The van der Waals surface area contributed by atoms with Crippen molar-refractivity contribution in [1.82, 2.24) is 9.80 Å². The third-order valence-corrected chi connectivity index (χ3v) is 3.47. The highest BCUT2D eigenvalue weighted by Crippen LogP contribution is 2.44. The van der Waals surface area contributed by atoms with Gasteiger partial charge in [-0.1, -0.05) is 24.3 Å². The Morgan fingerprint density at radius 2 is 1.44 bits per heavy atom. The van der Waals surface area contributed by atoms with Crippen LogP contribution in [0, 0.1) is 30.7 Å². The number of likely N-dealkylation sites (N-methyl/N-ethyl adjacent to an activating group) is 1. The molecule has 0 spiro atoms. The summed E-state index contributed by atoms with van der Waals surface area (Å²) in [5.41, 5.74) is 0. The van der Waals surface area contributed by atoms with Gasteiger partial charge in [0.15, 0.2) is 0 Å². The molecule has 2 fully saturated rings. The Morgan fingerprint density at radius 1 is 0.875 bits per heavy atom. The minimum atomic E-state index is 1.15. The zero-order chi connectivity index (χ0) is 11.0. The molecule has 0 aromatic heterocycles. The average molecular weight is 213 g/mol. The fourth-order valence-electron chi connectivity index (χ4n) is 2.38. The van der Waals surface area contributed by atoms with Gasteiger partial charge in [0.2, 0.25) is 0 Å². The number of hydrogen-bond acceptors (Lipinski definition) is 2. The van der Waals surface area contributed by atoms with E-state index in [1.165, 1.54) is 31.0 Å². The molecule has 0 unspecified atom stereocenters. The van der Waals surface area contributed by atoms with E-state index in [0.29, 0.717) is 0 Å². The lowest BCUT2D eigenvalue weighted by Crippen LogP contribution is -2.45. The molecule has 0 amide bonds. The molecular formula is C14H17N2.